The lowest BCUT2D eigenvalue weighted by Gasteiger charge is -2.12. The predicted octanol–water partition coefficient (Wildman–Crippen LogP) is 1.20. The summed E-state index contributed by atoms with van der Waals surface area (Å²) in [5.74, 6) is -0.945. The highest BCUT2D eigenvalue weighted by atomic mass is 32.2. The highest BCUT2D eigenvalue weighted by Crippen LogP contribution is 2.30. The summed E-state index contributed by atoms with van der Waals surface area (Å²) in [5.41, 5.74) is 0. The molecule has 1 fully saturated rings. The lowest BCUT2D eigenvalue weighted by atomic mass is 10.3. The van der Waals surface area contributed by atoms with Crippen molar-refractivity contribution in [3.8, 4) is 0 Å². The number of aliphatic carboxylic acids is 1. The quantitative estimate of drug-likeness (QED) is 0.817. The molecule has 2 rings (SSSR count). The molecule has 0 spiro atoms. The molecule has 1 aliphatic rings. The number of carboxylic acid groups (broad SMARTS) is 1. The molecule has 1 heterocycles. The summed E-state index contributed by atoms with van der Waals surface area (Å²) in [6.07, 6.45) is 1.83. The Bertz CT molecular complexity index is 490. The van der Waals surface area contributed by atoms with Gasteiger partial charge in [-0.2, -0.15) is 4.72 Å². The van der Waals surface area contributed by atoms with E-state index >= 15 is 0 Å². The van der Waals surface area contributed by atoms with Crippen LogP contribution in [-0.2, 0) is 14.8 Å². The van der Waals surface area contributed by atoms with Crippen LogP contribution in [0.3, 0.4) is 0 Å². The van der Waals surface area contributed by atoms with Crippen LogP contribution in [0.25, 0.3) is 0 Å². The Kier molecular flexibility index (Phi) is 3.50. The summed E-state index contributed by atoms with van der Waals surface area (Å²) >= 11 is 1.23. The van der Waals surface area contributed by atoms with Crippen molar-refractivity contribution in [2.45, 2.75) is 18.9 Å². The van der Waals surface area contributed by atoms with E-state index in [9.17, 15) is 13.2 Å². The highest BCUT2D eigenvalue weighted by Gasteiger charge is 2.32. The molecule has 5 nitrogen and oxygen atoms in total. The molecule has 2 N–H and O–H groups in total. The standard InChI is InChI=1S/C10H13NO4S2/c12-10(13)9(8-2-1-5-16-8)11-17(14,15)6-7-3-4-7/h1-2,5,7,9,11H,3-4,6H2,(H,12,13). The molecule has 1 saturated carbocycles. The molecule has 1 aromatic heterocycles. The van der Waals surface area contributed by atoms with E-state index < -0.39 is 22.0 Å². The van der Waals surface area contributed by atoms with Crippen molar-refractivity contribution < 1.29 is 18.3 Å². The first-order valence-corrected chi connectivity index (χ1v) is 7.77. The van der Waals surface area contributed by atoms with Crippen LogP contribution in [0, 0.1) is 5.92 Å². The first-order valence-electron chi connectivity index (χ1n) is 5.24. The predicted molar refractivity (Wildman–Crippen MR) is 64.3 cm³/mol. The average molecular weight is 275 g/mol. The maximum atomic E-state index is 11.7. The second kappa shape index (κ2) is 4.75. The monoisotopic (exact) mass is 275 g/mol. The third kappa shape index (κ3) is 3.52. The van der Waals surface area contributed by atoms with Crippen LogP contribution >= 0.6 is 11.3 Å². The molecule has 1 atom stereocenters. The normalized spacial score (nSPS) is 17.9. The van der Waals surface area contributed by atoms with E-state index in [2.05, 4.69) is 4.72 Å². The molecule has 7 heteroatoms. The Hall–Kier alpha value is -0.920. The van der Waals surface area contributed by atoms with Gasteiger partial charge in [-0.15, -0.1) is 11.3 Å². The minimum atomic E-state index is -3.51. The second-order valence-electron chi connectivity index (χ2n) is 4.13. The Morgan fingerprint density at radius 1 is 1.59 bits per heavy atom. The summed E-state index contributed by atoms with van der Waals surface area (Å²) in [7, 11) is -3.51. The van der Waals surface area contributed by atoms with Gasteiger partial charge in [0, 0.05) is 4.88 Å². The van der Waals surface area contributed by atoms with Crippen molar-refractivity contribution in [2.75, 3.05) is 5.75 Å². The van der Waals surface area contributed by atoms with Gasteiger partial charge in [-0.25, -0.2) is 8.42 Å². The molecule has 0 aromatic carbocycles. The van der Waals surface area contributed by atoms with Crippen LogP contribution in [-0.4, -0.2) is 25.2 Å². The van der Waals surface area contributed by atoms with Crippen molar-refractivity contribution in [2.24, 2.45) is 5.92 Å². The molecule has 0 amide bonds. The fraction of sp³-hybridized carbons (Fsp3) is 0.500. The smallest absolute Gasteiger partial charge is 0.327 e. The SMILES string of the molecule is O=C(O)C(NS(=O)(=O)CC1CC1)c1cccs1. The van der Waals surface area contributed by atoms with Crippen LogP contribution in [0.4, 0.5) is 0 Å². The third-order valence-corrected chi connectivity index (χ3v) is 4.97. The van der Waals surface area contributed by atoms with Crippen molar-refractivity contribution in [1.29, 1.82) is 0 Å². The largest absolute Gasteiger partial charge is 0.480 e. The summed E-state index contributed by atoms with van der Waals surface area (Å²) < 4.78 is 25.7. The van der Waals surface area contributed by atoms with Crippen LogP contribution in [0.2, 0.25) is 0 Å². The zero-order chi connectivity index (χ0) is 12.5. The van der Waals surface area contributed by atoms with E-state index in [-0.39, 0.29) is 11.7 Å². The zero-order valence-electron chi connectivity index (χ0n) is 9.00. The summed E-state index contributed by atoms with van der Waals surface area (Å²) in [4.78, 5) is 11.6. The lowest BCUT2D eigenvalue weighted by molar-refractivity contribution is -0.139. The van der Waals surface area contributed by atoms with Gasteiger partial charge in [-0.3, -0.25) is 4.79 Å². The molecule has 1 unspecified atom stereocenters. The molecule has 0 saturated heterocycles. The number of rotatable bonds is 6. The Balaban J connectivity index is 2.10. The van der Waals surface area contributed by atoms with Gasteiger partial charge in [0.15, 0.2) is 6.04 Å². The number of hydrogen-bond donors (Lipinski definition) is 2. The molecule has 0 radical (unpaired) electrons. The number of thiophene rings is 1. The molecular weight excluding hydrogens is 262 g/mol. The molecule has 94 valence electrons. The number of carbonyl (C=O) groups is 1. The van der Waals surface area contributed by atoms with E-state index in [1.165, 1.54) is 11.3 Å². The van der Waals surface area contributed by atoms with Crippen LogP contribution in [0.15, 0.2) is 17.5 Å². The summed E-state index contributed by atoms with van der Waals surface area (Å²) in [6, 6.07) is 2.15. The van der Waals surface area contributed by atoms with E-state index in [4.69, 9.17) is 5.11 Å². The zero-order valence-corrected chi connectivity index (χ0v) is 10.6. The van der Waals surface area contributed by atoms with Gasteiger partial charge in [-0.05, 0) is 30.2 Å². The number of nitrogens with one attached hydrogen (secondary N) is 1. The number of hydrogen-bond acceptors (Lipinski definition) is 4. The van der Waals surface area contributed by atoms with Crippen molar-refractivity contribution in [1.82, 2.24) is 4.72 Å². The van der Waals surface area contributed by atoms with E-state index in [1.54, 1.807) is 17.5 Å². The first kappa shape index (κ1) is 12.5. The fourth-order valence-corrected chi connectivity index (χ4v) is 3.99. The van der Waals surface area contributed by atoms with E-state index in [0.717, 1.165) is 12.8 Å². The maximum absolute atomic E-state index is 11.7. The van der Waals surface area contributed by atoms with Crippen molar-refractivity contribution in [3.63, 3.8) is 0 Å². The minimum Gasteiger partial charge on any atom is -0.480 e. The van der Waals surface area contributed by atoms with Gasteiger partial charge < -0.3 is 5.11 Å². The van der Waals surface area contributed by atoms with Crippen LogP contribution in [0.5, 0.6) is 0 Å². The van der Waals surface area contributed by atoms with Crippen molar-refractivity contribution in [3.05, 3.63) is 22.4 Å². The molecular formula is C10H13NO4S2. The highest BCUT2D eigenvalue weighted by molar-refractivity contribution is 7.89. The van der Waals surface area contributed by atoms with Crippen LogP contribution in [0.1, 0.15) is 23.8 Å². The fourth-order valence-electron chi connectivity index (χ4n) is 1.51. The van der Waals surface area contributed by atoms with E-state index in [1.807, 2.05) is 0 Å². The van der Waals surface area contributed by atoms with Gasteiger partial charge in [-0.1, -0.05) is 6.07 Å². The molecule has 0 bridgehead atoms. The lowest BCUT2D eigenvalue weighted by Crippen LogP contribution is -2.35. The number of sulfonamides is 1. The number of carboxylic acids is 1. The van der Waals surface area contributed by atoms with E-state index in [0.29, 0.717) is 4.88 Å². The molecule has 17 heavy (non-hydrogen) atoms. The molecule has 1 aliphatic carbocycles. The van der Waals surface area contributed by atoms with Gasteiger partial charge in [0.1, 0.15) is 0 Å². The second-order valence-corrected chi connectivity index (χ2v) is 6.91. The Labute approximate surface area is 104 Å². The first-order chi connectivity index (χ1) is 7.98. The van der Waals surface area contributed by atoms with Crippen molar-refractivity contribution >= 4 is 27.3 Å². The van der Waals surface area contributed by atoms with Gasteiger partial charge >= 0.3 is 5.97 Å². The molecule has 0 aliphatic heterocycles. The van der Waals surface area contributed by atoms with Gasteiger partial charge in [0.25, 0.3) is 0 Å². The topological polar surface area (TPSA) is 83.5 Å². The van der Waals surface area contributed by atoms with Gasteiger partial charge in [0.2, 0.25) is 10.0 Å². The summed E-state index contributed by atoms with van der Waals surface area (Å²) in [5, 5.41) is 10.8. The molecule has 1 aromatic rings. The maximum Gasteiger partial charge on any atom is 0.327 e. The van der Waals surface area contributed by atoms with Crippen LogP contribution < -0.4 is 4.72 Å². The third-order valence-electron chi connectivity index (χ3n) is 2.52. The summed E-state index contributed by atoms with van der Waals surface area (Å²) in [6.45, 7) is 0. The minimum absolute atomic E-state index is 0.0299. The Morgan fingerprint density at radius 3 is 2.76 bits per heavy atom. The Morgan fingerprint density at radius 2 is 2.29 bits per heavy atom. The van der Waals surface area contributed by atoms with Gasteiger partial charge in [0.05, 0.1) is 5.75 Å². The average Bonchev–Trinajstić information content (AvgIpc) is 2.86.